The number of allylic oxidation sites excluding steroid dienone is 2. The van der Waals surface area contributed by atoms with Crippen molar-refractivity contribution in [2.24, 2.45) is 11.8 Å². The van der Waals surface area contributed by atoms with Crippen molar-refractivity contribution in [1.82, 2.24) is 0 Å². The van der Waals surface area contributed by atoms with Crippen LogP contribution in [0.2, 0.25) is 0 Å². The monoisotopic (exact) mass is 415 g/mol. The molecule has 0 amide bonds. The van der Waals surface area contributed by atoms with E-state index in [4.69, 9.17) is 4.74 Å². The highest BCUT2D eigenvalue weighted by Crippen LogP contribution is 2.49. The Labute approximate surface area is 186 Å². The van der Waals surface area contributed by atoms with Crippen LogP contribution in [0.15, 0.2) is 66.3 Å². The fourth-order valence-electron chi connectivity index (χ4n) is 4.63. The molecule has 1 aliphatic carbocycles. The van der Waals surface area contributed by atoms with Gasteiger partial charge in [-0.05, 0) is 41.9 Å². The molecular formula is C28H33NO2. The minimum absolute atomic E-state index is 0.257. The maximum atomic E-state index is 13.1. The standard InChI is InChI=1S/C28H33NO2/c1-18(2)20-7-11-22(12-8-20)28(23-13-9-21(10-14-23)19(3)4)26-16-15-24(29(5)6)17-25(26)27(30)31-28/h7-9,11-19,21H,10H2,1-6H3. The van der Waals surface area contributed by atoms with Crippen LogP contribution in [0.25, 0.3) is 0 Å². The van der Waals surface area contributed by atoms with Crippen molar-refractivity contribution in [3.05, 3.63) is 88.5 Å². The summed E-state index contributed by atoms with van der Waals surface area (Å²) in [6.07, 6.45) is 7.68. The molecule has 2 atom stereocenters. The summed E-state index contributed by atoms with van der Waals surface area (Å²) >= 11 is 0. The molecular weight excluding hydrogens is 382 g/mol. The molecule has 0 spiro atoms. The second-order valence-electron chi connectivity index (χ2n) is 9.63. The number of hydrogen-bond donors (Lipinski definition) is 0. The van der Waals surface area contributed by atoms with Crippen molar-refractivity contribution in [2.45, 2.75) is 45.6 Å². The van der Waals surface area contributed by atoms with E-state index in [1.807, 2.05) is 25.1 Å². The van der Waals surface area contributed by atoms with Gasteiger partial charge in [0, 0.05) is 36.5 Å². The third kappa shape index (κ3) is 3.60. The fourth-order valence-corrected chi connectivity index (χ4v) is 4.63. The van der Waals surface area contributed by atoms with Gasteiger partial charge in [-0.2, -0.15) is 0 Å². The number of carbonyl (C=O) groups is 1. The van der Waals surface area contributed by atoms with E-state index in [0.717, 1.165) is 28.8 Å². The molecule has 0 aromatic heterocycles. The first-order chi connectivity index (χ1) is 14.7. The first-order valence-electron chi connectivity index (χ1n) is 11.3. The Morgan fingerprint density at radius 3 is 2.29 bits per heavy atom. The Balaban J connectivity index is 1.89. The summed E-state index contributed by atoms with van der Waals surface area (Å²) in [7, 11) is 3.97. The van der Waals surface area contributed by atoms with Crippen LogP contribution in [0.3, 0.4) is 0 Å². The zero-order valence-corrected chi connectivity index (χ0v) is 19.5. The predicted molar refractivity (Wildman–Crippen MR) is 128 cm³/mol. The van der Waals surface area contributed by atoms with Crippen LogP contribution in [-0.4, -0.2) is 20.1 Å². The molecule has 0 fully saturated rings. The number of rotatable bonds is 5. The normalized spacial score (nSPS) is 22.5. The lowest BCUT2D eigenvalue weighted by atomic mass is 9.75. The number of fused-ring (bicyclic) bond motifs is 1. The molecule has 1 aliphatic heterocycles. The van der Waals surface area contributed by atoms with Gasteiger partial charge in [-0.15, -0.1) is 0 Å². The molecule has 0 saturated heterocycles. The summed E-state index contributed by atoms with van der Waals surface area (Å²) in [6, 6.07) is 14.7. The van der Waals surface area contributed by atoms with Crippen molar-refractivity contribution >= 4 is 11.7 Å². The van der Waals surface area contributed by atoms with E-state index in [1.54, 1.807) is 0 Å². The first kappa shape index (κ1) is 21.4. The molecule has 2 aromatic carbocycles. The maximum Gasteiger partial charge on any atom is 0.340 e. The molecule has 2 aliphatic rings. The molecule has 31 heavy (non-hydrogen) atoms. The van der Waals surface area contributed by atoms with Gasteiger partial charge in [-0.25, -0.2) is 4.79 Å². The van der Waals surface area contributed by atoms with Crippen LogP contribution in [0, 0.1) is 11.8 Å². The molecule has 3 nitrogen and oxygen atoms in total. The van der Waals surface area contributed by atoms with Gasteiger partial charge in [0.2, 0.25) is 0 Å². The van der Waals surface area contributed by atoms with Crippen LogP contribution < -0.4 is 4.90 Å². The summed E-state index contributed by atoms with van der Waals surface area (Å²) in [5.74, 6) is 1.28. The Hall–Kier alpha value is -2.81. The van der Waals surface area contributed by atoms with E-state index < -0.39 is 5.60 Å². The van der Waals surface area contributed by atoms with Crippen molar-refractivity contribution in [3.8, 4) is 0 Å². The minimum atomic E-state index is -0.898. The number of cyclic esters (lactones) is 1. The van der Waals surface area contributed by atoms with Gasteiger partial charge in [0.25, 0.3) is 0 Å². The highest BCUT2D eigenvalue weighted by atomic mass is 16.6. The third-order valence-corrected chi connectivity index (χ3v) is 6.74. The van der Waals surface area contributed by atoms with Crippen LogP contribution in [0.5, 0.6) is 0 Å². The smallest absolute Gasteiger partial charge is 0.340 e. The number of benzene rings is 2. The van der Waals surface area contributed by atoms with Crippen molar-refractivity contribution < 1.29 is 9.53 Å². The Bertz CT molecular complexity index is 1040. The van der Waals surface area contributed by atoms with E-state index in [1.165, 1.54) is 5.56 Å². The minimum Gasteiger partial charge on any atom is -0.441 e. The Morgan fingerprint density at radius 1 is 1.03 bits per heavy atom. The number of carbonyl (C=O) groups excluding carboxylic acids is 1. The molecule has 0 bridgehead atoms. The average Bonchev–Trinajstić information content (AvgIpc) is 3.06. The number of hydrogen-bond acceptors (Lipinski definition) is 3. The summed E-state index contributed by atoms with van der Waals surface area (Å²) in [5, 5.41) is 0. The molecule has 0 radical (unpaired) electrons. The quantitative estimate of drug-likeness (QED) is 0.526. The van der Waals surface area contributed by atoms with Gasteiger partial charge >= 0.3 is 5.97 Å². The van der Waals surface area contributed by atoms with E-state index in [-0.39, 0.29) is 5.97 Å². The van der Waals surface area contributed by atoms with E-state index in [9.17, 15) is 4.79 Å². The maximum absolute atomic E-state index is 13.1. The molecule has 0 N–H and O–H groups in total. The lowest BCUT2D eigenvalue weighted by molar-refractivity contribution is 0.0247. The molecule has 1 heterocycles. The lowest BCUT2D eigenvalue weighted by Crippen LogP contribution is -2.31. The van der Waals surface area contributed by atoms with E-state index in [2.05, 4.69) is 82.3 Å². The predicted octanol–water partition coefficient (Wildman–Crippen LogP) is 6.45. The van der Waals surface area contributed by atoms with Gasteiger partial charge in [0.1, 0.15) is 0 Å². The molecule has 0 saturated carbocycles. The average molecular weight is 416 g/mol. The Kier molecular flexibility index (Phi) is 5.55. The second kappa shape index (κ2) is 8.03. The number of anilines is 1. The van der Waals surface area contributed by atoms with E-state index in [0.29, 0.717) is 23.3 Å². The van der Waals surface area contributed by atoms with Gasteiger partial charge in [-0.1, -0.05) is 76.3 Å². The molecule has 2 aromatic rings. The van der Waals surface area contributed by atoms with E-state index >= 15 is 0 Å². The third-order valence-electron chi connectivity index (χ3n) is 6.74. The summed E-state index contributed by atoms with van der Waals surface area (Å²) < 4.78 is 6.30. The van der Waals surface area contributed by atoms with Gasteiger partial charge < -0.3 is 9.64 Å². The largest absolute Gasteiger partial charge is 0.441 e. The van der Waals surface area contributed by atoms with Gasteiger partial charge in [-0.3, -0.25) is 0 Å². The highest BCUT2D eigenvalue weighted by Gasteiger charge is 2.49. The number of nitrogens with zero attached hydrogens (tertiary/aromatic N) is 1. The molecule has 162 valence electrons. The highest BCUT2D eigenvalue weighted by molar-refractivity contribution is 5.97. The fraction of sp³-hybridized carbons (Fsp3) is 0.393. The molecule has 4 rings (SSSR count). The van der Waals surface area contributed by atoms with Crippen LogP contribution in [0.1, 0.15) is 67.1 Å². The summed E-state index contributed by atoms with van der Waals surface area (Å²) in [6.45, 7) is 8.89. The van der Waals surface area contributed by atoms with Crippen molar-refractivity contribution in [1.29, 1.82) is 0 Å². The molecule has 3 heteroatoms. The zero-order chi connectivity index (χ0) is 22.3. The second-order valence-corrected chi connectivity index (χ2v) is 9.63. The lowest BCUT2D eigenvalue weighted by Gasteiger charge is -2.34. The van der Waals surface area contributed by atoms with Crippen molar-refractivity contribution in [2.75, 3.05) is 19.0 Å². The SMILES string of the molecule is CC(C)c1ccc(C2(C3=CCC(C(C)C)C=C3)OC(=O)c3cc(N(C)C)ccc32)cc1. The first-order valence-corrected chi connectivity index (χ1v) is 11.3. The van der Waals surface area contributed by atoms with Crippen molar-refractivity contribution in [3.63, 3.8) is 0 Å². The van der Waals surface area contributed by atoms with Gasteiger partial charge in [0.05, 0.1) is 5.56 Å². The van der Waals surface area contributed by atoms with Crippen LogP contribution in [0.4, 0.5) is 5.69 Å². The van der Waals surface area contributed by atoms with Crippen LogP contribution >= 0.6 is 0 Å². The number of ether oxygens (including phenoxy) is 1. The molecule has 2 unspecified atom stereocenters. The Morgan fingerprint density at radius 2 is 1.74 bits per heavy atom. The number of esters is 1. The van der Waals surface area contributed by atoms with Gasteiger partial charge in [0.15, 0.2) is 5.60 Å². The zero-order valence-electron chi connectivity index (χ0n) is 19.5. The summed E-state index contributed by atoms with van der Waals surface area (Å²) in [5.41, 5.74) is 5.00. The topological polar surface area (TPSA) is 29.5 Å². The summed E-state index contributed by atoms with van der Waals surface area (Å²) in [4.78, 5) is 15.1. The van der Waals surface area contributed by atoms with Crippen LogP contribution in [-0.2, 0) is 10.3 Å².